The van der Waals surface area contributed by atoms with Crippen LogP contribution in [0.3, 0.4) is 0 Å². The summed E-state index contributed by atoms with van der Waals surface area (Å²) in [7, 11) is -3.90. The molecule has 2 N–H and O–H groups in total. The Kier molecular flexibility index (Phi) is 6.22. The van der Waals surface area contributed by atoms with E-state index in [1.807, 2.05) is 0 Å². The number of carbonyl (C=O) groups excluding carboxylic acids is 2. The number of ether oxygens (including phenoxy) is 1. The van der Waals surface area contributed by atoms with E-state index in [1.54, 1.807) is 44.2 Å². The summed E-state index contributed by atoms with van der Waals surface area (Å²) < 4.78 is 32.6. The second-order valence-corrected chi connectivity index (χ2v) is 7.77. The molecule has 0 aliphatic rings. The third-order valence-electron chi connectivity index (χ3n) is 4.01. The molecule has 0 heterocycles. The first-order chi connectivity index (χ1) is 12.7. The molecule has 0 saturated carbocycles. The van der Waals surface area contributed by atoms with Crippen molar-refractivity contribution in [1.82, 2.24) is 0 Å². The molecule has 0 saturated heterocycles. The Balaban J connectivity index is 2.45. The molecule has 8 heteroatoms. The zero-order valence-corrected chi connectivity index (χ0v) is 16.2. The molecule has 0 aromatic heterocycles. The summed E-state index contributed by atoms with van der Waals surface area (Å²) in [5, 5.41) is 0. The normalized spacial score (nSPS) is 12.3. The van der Waals surface area contributed by atoms with E-state index < -0.39 is 28.0 Å². The first-order valence-electron chi connectivity index (χ1n) is 8.37. The minimum atomic E-state index is -3.90. The van der Waals surface area contributed by atoms with E-state index in [-0.39, 0.29) is 17.0 Å². The van der Waals surface area contributed by atoms with Gasteiger partial charge >= 0.3 is 5.97 Å². The highest BCUT2D eigenvalue weighted by molar-refractivity contribution is 7.92. The lowest BCUT2D eigenvalue weighted by Crippen LogP contribution is -2.32. The van der Waals surface area contributed by atoms with Gasteiger partial charge in [0.25, 0.3) is 15.9 Å². The van der Waals surface area contributed by atoms with Crippen molar-refractivity contribution in [3.8, 4) is 0 Å². The maximum absolute atomic E-state index is 13.2. The number of hydrogen-bond donors (Lipinski definition) is 1. The number of para-hydroxylation sites is 1. The number of sulfonamides is 1. The van der Waals surface area contributed by atoms with E-state index in [9.17, 15) is 18.0 Å². The molecule has 7 nitrogen and oxygen atoms in total. The van der Waals surface area contributed by atoms with Crippen LogP contribution < -0.4 is 10.0 Å². The van der Waals surface area contributed by atoms with Crippen molar-refractivity contribution in [3.63, 3.8) is 0 Å². The van der Waals surface area contributed by atoms with Crippen molar-refractivity contribution in [2.24, 2.45) is 5.73 Å². The molecule has 2 rings (SSSR count). The van der Waals surface area contributed by atoms with Crippen molar-refractivity contribution in [3.05, 3.63) is 59.7 Å². The van der Waals surface area contributed by atoms with Crippen LogP contribution >= 0.6 is 0 Å². The maximum atomic E-state index is 13.2. The van der Waals surface area contributed by atoms with Crippen LogP contribution in [0, 0.1) is 6.92 Å². The fourth-order valence-electron chi connectivity index (χ4n) is 2.50. The van der Waals surface area contributed by atoms with Crippen molar-refractivity contribution < 1.29 is 22.7 Å². The molecule has 2 aromatic carbocycles. The van der Waals surface area contributed by atoms with Crippen molar-refractivity contribution in [2.45, 2.75) is 31.8 Å². The number of primary amides is 1. The van der Waals surface area contributed by atoms with Gasteiger partial charge in [-0.3, -0.25) is 9.10 Å². The van der Waals surface area contributed by atoms with Gasteiger partial charge in [0.1, 0.15) is 0 Å². The average Bonchev–Trinajstić information content (AvgIpc) is 2.63. The van der Waals surface area contributed by atoms with Crippen LogP contribution in [0.4, 0.5) is 5.69 Å². The average molecular weight is 390 g/mol. The minimum absolute atomic E-state index is 0.00520. The predicted octanol–water partition coefficient (Wildman–Crippen LogP) is 2.24. The van der Waals surface area contributed by atoms with Gasteiger partial charge in [0, 0.05) is 6.54 Å². The second-order valence-electron chi connectivity index (χ2n) is 5.94. The SMILES string of the molecule is CCN(c1ccccc1)S(=O)(=O)c1cc(C(=O)O[C@H](C)C(N)=O)ccc1C. The third-order valence-corrected chi connectivity index (χ3v) is 6.05. The topological polar surface area (TPSA) is 107 Å². The number of amides is 1. The minimum Gasteiger partial charge on any atom is -0.449 e. The van der Waals surface area contributed by atoms with Crippen LogP contribution in [0.5, 0.6) is 0 Å². The van der Waals surface area contributed by atoms with Crippen molar-refractivity contribution >= 4 is 27.6 Å². The quantitative estimate of drug-likeness (QED) is 0.730. The molecule has 1 atom stereocenters. The van der Waals surface area contributed by atoms with Crippen LogP contribution in [0.15, 0.2) is 53.4 Å². The van der Waals surface area contributed by atoms with Gasteiger partial charge in [0.2, 0.25) is 0 Å². The summed E-state index contributed by atoms with van der Waals surface area (Å²) in [5.41, 5.74) is 6.13. The fourth-order valence-corrected chi connectivity index (χ4v) is 4.22. The summed E-state index contributed by atoms with van der Waals surface area (Å²) in [4.78, 5) is 23.3. The Hall–Kier alpha value is -2.87. The van der Waals surface area contributed by atoms with Crippen LogP contribution in [-0.4, -0.2) is 32.9 Å². The first-order valence-corrected chi connectivity index (χ1v) is 9.81. The molecule has 0 radical (unpaired) electrons. The van der Waals surface area contributed by atoms with Gasteiger partial charge in [-0.25, -0.2) is 13.2 Å². The number of rotatable bonds is 7. The van der Waals surface area contributed by atoms with Crippen LogP contribution in [0.1, 0.15) is 29.8 Å². The molecule has 1 amide bonds. The van der Waals surface area contributed by atoms with Gasteiger partial charge in [0.15, 0.2) is 6.10 Å². The largest absolute Gasteiger partial charge is 0.449 e. The Labute approximate surface area is 158 Å². The number of hydrogen-bond acceptors (Lipinski definition) is 5. The molecule has 0 bridgehead atoms. The number of nitrogens with two attached hydrogens (primary N) is 1. The van der Waals surface area contributed by atoms with E-state index in [0.29, 0.717) is 11.3 Å². The Morgan fingerprint density at radius 3 is 2.33 bits per heavy atom. The second kappa shape index (κ2) is 8.22. The number of aryl methyl sites for hydroxylation is 1. The lowest BCUT2D eigenvalue weighted by molar-refractivity contribution is -0.125. The van der Waals surface area contributed by atoms with E-state index in [1.165, 1.54) is 29.4 Å². The predicted molar refractivity (Wildman–Crippen MR) is 102 cm³/mol. The van der Waals surface area contributed by atoms with Crippen molar-refractivity contribution in [1.29, 1.82) is 0 Å². The summed E-state index contributed by atoms with van der Waals surface area (Å²) in [6, 6.07) is 12.9. The van der Waals surface area contributed by atoms with Gasteiger partial charge < -0.3 is 10.5 Å². The molecular formula is C19H22N2O5S. The summed E-state index contributed by atoms with van der Waals surface area (Å²) in [6.07, 6.45) is -1.12. The number of nitrogens with zero attached hydrogens (tertiary/aromatic N) is 1. The lowest BCUT2D eigenvalue weighted by Gasteiger charge is -2.24. The monoisotopic (exact) mass is 390 g/mol. The zero-order chi connectivity index (χ0) is 20.2. The third kappa shape index (κ3) is 4.46. The summed E-state index contributed by atoms with van der Waals surface area (Å²) >= 11 is 0. The smallest absolute Gasteiger partial charge is 0.338 e. The van der Waals surface area contributed by atoms with Crippen LogP contribution in [0.2, 0.25) is 0 Å². The highest BCUT2D eigenvalue weighted by Gasteiger charge is 2.27. The standard InChI is InChI=1S/C19H22N2O5S/c1-4-21(16-8-6-5-7-9-16)27(24,25)17-12-15(11-10-13(17)2)19(23)26-14(3)18(20)22/h5-12,14H,4H2,1-3H3,(H2,20,22)/t14-/m1/s1. The maximum Gasteiger partial charge on any atom is 0.338 e. The number of anilines is 1. The van der Waals surface area contributed by atoms with E-state index in [0.717, 1.165) is 0 Å². The molecule has 0 fully saturated rings. The molecule has 2 aromatic rings. The Bertz CT molecular complexity index is 942. The Morgan fingerprint density at radius 2 is 1.78 bits per heavy atom. The van der Waals surface area contributed by atoms with Gasteiger partial charge in [-0.05, 0) is 50.6 Å². The number of benzene rings is 2. The van der Waals surface area contributed by atoms with Gasteiger partial charge in [0.05, 0.1) is 16.1 Å². The lowest BCUT2D eigenvalue weighted by atomic mass is 10.1. The highest BCUT2D eigenvalue weighted by atomic mass is 32.2. The highest BCUT2D eigenvalue weighted by Crippen LogP contribution is 2.26. The van der Waals surface area contributed by atoms with Gasteiger partial charge in [-0.1, -0.05) is 24.3 Å². The molecule has 144 valence electrons. The summed E-state index contributed by atoms with van der Waals surface area (Å²) in [6.45, 7) is 4.94. The van der Waals surface area contributed by atoms with E-state index >= 15 is 0 Å². The van der Waals surface area contributed by atoms with E-state index in [4.69, 9.17) is 10.5 Å². The van der Waals surface area contributed by atoms with Crippen molar-refractivity contribution in [2.75, 3.05) is 10.8 Å². The Morgan fingerprint density at radius 1 is 1.15 bits per heavy atom. The van der Waals surface area contributed by atoms with Crippen LogP contribution in [0.25, 0.3) is 0 Å². The van der Waals surface area contributed by atoms with Gasteiger partial charge in [-0.2, -0.15) is 0 Å². The first kappa shape index (κ1) is 20.4. The zero-order valence-electron chi connectivity index (χ0n) is 15.4. The van der Waals surface area contributed by atoms with Gasteiger partial charge in [-0.15, -0.1) is 0 Å². The molecule has 0 spiro atoms. The van der Waals surface area contributed by atoms with Crippen LogP contribution in [-0.2, 0) is 19.6 Å². The molecular weight excluding hydrogens is 368 g/mol. The molecule has 0 unspecified atom stereocenters. The van der Waals surface area contributed by atoms with E-state index in [2.05, 4.69) is 0 Å². The number of esters is 1. The molecule has 0 aliphatic heterocycles. The molecule has 0 aliphatic carbocycles. The molecule has 27 heavy (non-hydrogen) atoms. The summed E-state index contributed by atoms with van der Waals surface area (Å²) in [5.74, 6) is -1.61. The fraction of sp³-hybridized carbons (Fsp3) is 0.263. The number of carbonyl (C=O) groups is 2.